The maximum absolute atomic E-state index is 13.1. The molecule has 0 saturated carbocycles. The van der Waals surface area contributed by atoms with Crippen LogP contribution in [-0.2, 0) is 0 Å². The lowest BCUT2D eigenvalue weighted by molar-refractivity contribution is 0.0955. The Morgan fingerprint density at radius 1 is 1.09 bits per heavy atom. The summed E-state index contributed by atoms with van der Waals surface area (Å²) in [7, 11) is 1.60. The van der Waals surface area contributed by atoms with Gasteiger partial charge in [0.1, 0.15) is 22.6 Å². The van der Waals surface area contributed by atoms with Crippen LogP contribution in [0.25, 0.3) is 22.2 Å². The Balaban J connectivity index is 1.77. The summed E-state index contributed by atoms with van der Waals surface area (Å²) in [6.07, 6.45) is 5.91. The van der Waals surface area contributed by atoms with Crippen LogP contribution >= 0.6 is 0 Å². The summed E-state index contributed by atoms with van der Waals surface area (Å²) < 4.78 is 6.87. The molecule has 0 unspecified atom stereocenters. The number of anilines is 1. The number of hydrogen-bond donors (Lipinski definition) is 2. The molecule has 0 bridgehead atoms. The Hall–Kier alpha value is -3.94. The molecular formula is C25H28N6O2. The standard InChI is InChI=1S/C25H28N6O2/c1-3-4-5-10-15-27-25(32)21-22-24(30-19-13-8-7-12-18(19)29-22)31(23(21)26)28-16-17-11-6-9-14-20(17)33-2/h6-9,11-14,16H,3-5,10,15,26H2,1-2H3,(H,27,32). The quantitative estimate of drug-likeness (QED) is 0.294. The fraction of sp³-hybridized carbons (Fsp3) is 0.280. The number of rotatable bonds is 9. The van der Waals surface area contributed by atoms with Crippen LogP contribution in [0.15, 0.2) is 53.6 Å². The van der Waals surface area contributed by atoms with Gasteiger partial charge >= 0.3 is 0 Å². The van der Waals surface area contributed by atoms with Crippen molar-refractivity contribution in [1.29, 1.82) is 0 Å². The Labute approximate surface area is 192 Å². The summed E-state index contributed by atoms with van der Waals surface area (Å²) in [5.41, 5.74) is 9.74. The number of para-hydroxylation sites is 3. The number of amides is 1. The molecule has 8 heteroatoms. The number of nitrogens with zero attached hydrogens (tertiary/aromatic N) is 4. The van der Waals surface area contributed by atoms with Crippen molar-refractivity contribution < 1.29 is 9.53 Å². The van der Waals surface area contributed by atoms with E-state index in [-0.39, 0.29) is 17.3 Å². The molecule has 2 aromatic heterocycles. The summed E-state index contributed by atoms with van der Waals surface area (Å²) in [5.74, 6) is 0.597. The van der Waals surface area contributed by atoms with Gasteiger partial charge in [-0.3, -0.25) is 4.79 Å². The predicted molar refractivity (Wildman–Crippen MR) is 132 cm³/mol. The van der Waals surface area contributed by atoms with Crippen molar-refractivity contribution in [1.82, 2.24) is 20.0 Å². The number of carbonyl (C=O) groups excluding carboxylic acids is 1. The highest BCUT2D eigenvalue weighted by Gasteiger charge is 2.23. The number of benzene rings is 2. The van der Waals surface area contributed by atoms with Crippen molar-refractivity contribution in [2.24, 2.45) is 5.10 Å². The molecular weight excluding hydrogens is 416 g/mol. The highest BCUT2D eigenvalue weighted by Crippen LogP contribution is 2.28. The minimum atomic E-state index is -0.273. The number of nitrogens with one attached hydrogen (secondary N) is 1. The van der Waals surface area contributed by atoms with E-state index in [9.17, 15) is 4.79 Å². The molecule has 2 aromatic carbocycles. The molecule has 1 amide bonds. The normalized spacial score (nSPS) is 11.5. The molecule has 2 heterocycles. The van der Waals surface area contributed by atoms with Gasteiger partial charge in [0.05, 0.1) is 24.4 Å². The number of carbonyl (C=O) groups is 1. The first-order chi connectivity index (χ1) is 16.1. The third-order valence-electron chi connectivity index (χ3n) is 5.47. The van der Waals surface area contributed by atoms with Crippen LogP contribution in [0.4, 0.5) is 5.82 Å². The molecule has 4 rings (SSSR count). The van der Waals surface area contributed by atoms with Crippen molar-refractivity contribution in [2.75, 3.05) is 19.4 Å². The second-order valence-electron chi connectivity index (χ2n) is 7.76. The number of hydrogen-bond acceptors (Lipinski definition) is 6. The summed E-state index contributed by atoms with van der Waals surface area (Å²) >= 11 is 0. The number of aromatic nitrogens is 3. The van der Waals surface area contributed by atoms with E-state index >= 15 is 0 Å². The molecule has 0 spiro atoms. The van der Waals surface area contributed by atoms with Crippen molar-refractivity contribution in [3.05, 3.63) is 59.7 Å². The topological polar surface area (TPSA) is 107 Å². The Morgan fingerprint density at radius 3 is 2.58 bits per heavy atom. The van der Waals surface area contributed by atoms with Crippen LogP contribution < -0.4 is 15.8 Å². The van der Waals surface area contributed by atoms with Gasteiger partial charge in [0.2, 0.25) is 0 Å². The van der Waals surface area contributed by atoms with E-state index in [2.05, 4.69) is 17.3 Å². The molecule has 4 aromatic rings. The number of methoxy groups -OCH3 is 1. The minimum Gasteiger partial charge on any atom is -0.496 e. The lowest BCUT2D eigenvalue weighted by Crippen LogP contribution is -2.25. The third kappa shape index (κ3) is 4.64. The molecule has 0 aliphatic carbocycles. The fourth-order valence-electron chi connectivity index (χ4n) is 3.72. The monoisotopic (exact) mass is 444 g/mol. The van der Waals surface area contributed by atoms with E-state index in [4.69, 9.17) is 20.4 Å². The van der Waals surface area contributed by atoms with E-state index in [1.165, 1.54) is 4.68 Å². The fourth-order valence-corrected chi connectivity index (χ4v) is 3.72. The largest absolute Gasteiger partial charge is 0.496 e. The Kier molecular flexibility index (Phi) is 6.83. The summed E-state index contributed by atoms with van der Waals surface area (Å²) in [6.45, 7) is 2.74. The number of ether oxygens (including phenoxy) is 1. The van der Waals surface area contributed by atoms with Crippen LogP contribution in [0.5, 0.6) is 5.75 Å². The van der Waals surface area contributed by atoms with Gasteiger partial charge in [-0.2, -0.15) is 9.78 Å². The second-order valence-corrected chi connectivity index (χ2v) is 7.76. The van der Waals surface area contributed by atoms with Gasteiger partial charge in [0.15, 0.2) is 5.65 Å². The lowest BCUT2D eigenvalue weighted by Gasteiger charge is -2.05. The van der Waals surface area contributed by atoms with E-state index in [1.54, 1.807) is 13.3 Å². The second kappa shape index (κ2) is 10.1. The van der Waals surface area contributed by atoms with E-state index in [0.717, 1.165) is 31.2 Å². The maximum Gasteiger partial charge on any atom is 0.257 e. The Bertz CT molecular complexity index is 1310. The smallest absolute Gasteiger partial charge is 0.257 e. The zero-order chi connectivity index (χ0) is 23.2. The predicted octanol–water partition coefficient (Wildman–Crippen LogP) is 4.37. The van der Waals surface area contributed by atoms with E-state index < -0.39 is 0 Å². The van der Waals surface area contributed by atoms with Crippen LogP contribution in [0, 0.1) is 0 Å². The Morgan fingerprint density at radius 2 is 1.82 bits per heavy atom. The molecule has 0 aliphatic rings. The van der Waals surface area contributed by atoms with Gasteiger partial charge < -0.3 is 15.8 Å². The average molecular weight is 445 g/mol. The molecule has 8 nitrogen and oxygen atoms in total. The number of unbranched alkanes of at least 4 members (excludes halogenated alkanes) is 3. The van der Waals surface area contributed by atoms with Gasteiger partial charge in [-0.05, 0) is 30.7 Å². The van der Waals surface area contributed by atoms with Gasteiger partial charge in [-0.1, -0.05) is 50.5 Å². The first-order valence-electron chi connectivity index (χ1n) is 11.2. The third-order valence-corrected chi connectivity index (χ3v) is 5.47. The summed E-state index contributed by atoms with van der Waals surface area (Å²) in [4.78, 5) is 22.5. The first kappa shape index (κ1) is 22.3. The molecule has 0 saturated heterocycles. The van der Waals surface area contributed by atoms with E-state index in [0.29, 0.717) is 34.5 Å². The molecule has 0 radical (unpaired) electrons. The molecule has 0 aliphatic heterocycles. The SMILES string of the molecule is CCCCCCNC(=O)c1c(N)n(N=Cc2ccccc2OC)c2nc3ccccc3nc12. The van der Waals surface area contributed by atoms with Crippen LogP contribution in [0.2, 0.25) is 0 Å². The number of nitrogens with two attached hydrogens (primary N) is 1. The van der Waals surface area contributed by atoms with Crippen molar-refractivity contribution in [3.8, 4) is 5.75 Å². The highest BCUT2D eigenvalue weighted by atomic mass is 16.5. The van der Waals surface area contributed by atoms with Crippen molar-refractivity contribution >= 4 is 40.1 Å². The van der Waals surface area contributed by atoms with Crippen LogP contribution in [0.1, 0.15) is 48.5 Å². The van der Waals surface area contributed by atoms with Crippen molar-refractivity contribution in [3.63, 3.8) is 0 Å². The van der Waals surface area contributed by atoms with Gasteiger partial charge in [-0.15, -0.1) is 0 Å². The van der Waals surface area contributed by atoms with Crippen LogP contribution in [0.3, 0.4) is 0 Å². The summed E-state index contributed by atoms with van der Waals surface area (Å²) in [5, 5.41) is 7.52. The number of fused-ring (bicyclic) bond motifs is 2. The molecule has 33 heavy (non-hydrogen) atoms. The molecule has 3 N–H and O–H groups in total. The van der Waals surface area contributed by atoms with Gasteiger partial charge in [-0.25, -0.2) is 9.97 Å². The first-order valence-corrected chi connectivity index (χ1v) is 11.2. The zero-order valence-electron chi connectivity index (χ0n) is 18.9. The van der Waals surface area contributed by atoms with Crippen LogP contribution in [-0.4, -0.2) is 40.4 Å². The van der Waals surface area contributed by atoms with Gasteiger partial charge in [0.25, 0.3) is 5.91 Å². The number of nitrogen functional groups attached to an aromatic ring is 1. The maximum atomic E-state index is 13.1. The summed E-state index contributed by atoms with van der Waals surface area (Å²) in [6, 6.07) is 15.0. The van der Waals surface area contributed by atoms with Gasteiger partial charge in [0, 0.05) is 12.1 Å². The minimum absolute atomic E-state index is 0.192. The molecule has 0 atom stereocenters. The lowest BCUT2D eigenvalue weighted by atomic mass is 10.2. The zero-order valence-corrected chi connectivity index (χ0v) is 18.9. The van der Waals surface area contributed by atoms with E-state index in [1.807, 2.05) is 48.5 Å². The average Bonchev–Trinajstić information content (AvgIpc) is 3.11. The molecule has 170 valence electrons. The highest BCUT2D eigenvalue weighted by molar-refractivity contribution is 6.10. The molecule has 0 fully saturated rings. The van der Waals surface area contributed by atoms with Crippen molar-refractivity contribution in [2.45, 2.75) is 32.6 Å².